The first-order chi connectivity index (χ1) is 8.13. The van der Waals surface area contributed by atoms with Crippen LogP contribution < -0.4 is 10.9 Å². The van der Waals surface area contributed by atoms with Crippen molar-refractivity contribution in [3.63, 3.8) is 0 Å². The number of H-pyrrole nitrogens is 1. The molecule has 0 aliphatic rings. The van der Waals surface area contributed by atoms with Crippen molar-refractivity contribution in [1.82, 2.24) is 15.3 Å². The number of carbonyl (C=O) groups is 1. The molecule has 6 heteroatoms. The molecule has 0 aliphatic heterocycles. The van der Waals surface area contributed by atoms with Gasteiger partial charge in [0.2, 0.25) is 5.91 Å². The molecule has 2 N–H and O–H groups in total. The molecule has 0 saturated carbocycles. The van der Waals surface area contributed by atoms with E-state index >= 15 is 0 Å². The quantitative estimate of drug-likeness (QED) is 0.352. The fourth-order valence-corrected chi connectivity index (χ4v) is 1.38. The Labute approximate surface area is 103 Å². The maximum Gasteiger partial charge on any atom is 0.267 e. The van der Waals surface area contributed by atoms with Crippen LogP contribution in [-0.4, -0.2) is 28.7 Å². The van der Waals surface area contributed by atoms with Gasteiger partial charge in [-0.05, 0) is 6.26 Å². The maximum absolute atomic E-state index is 11.5. The Morgan fingerprint density at radius 1 is 1.65 bits per heavy atom. The van der Waals surface area contributed by atoms with Gasteiger partial charge in [-0.1, -0.05) is 23.6 Å². The fourth-order valence-electron chi connectivity index (χ4n) is 1.03. The normalized spacial score (nSPS) is 9.29. The first kappa shape index (κ1) is 13.3. The summed E-state index contributed by atoms with van der Waals surface area (Å²) in [6.07, 6.45) is 3.79. The smallest absolute Gasteiger partial charge is 0.267 e. The highest BCUT2D eigenvalue weighted by Crippen LogP contribution is 2.03. The van der Waals surface area contributed by atoms with Crippen LogP contribution in [0.2, 0.25) is 0 Å². The molecule has 1 amide bonds. The summed E-state index contributed by atoms with van der Waals surface area (Å²) in [4.78, 5) is 28.7. The van der Waals surface area contributed by atoms with Crippen molar-refractivity contribution in [3.8, 4) is 11.8 Å². The lowest BCUT2D eigenvalue weighted by Gasteiger charge is -1.95. The molecule has 5 nitrogen and oxygen atoms in total. The monoisotopic (exact) mass is 251 g/mol. The SMILES string of the molecule is CSc1ncc(C#CCCNC(C)=O)c(=O)[nH]1. The predicted molar refractivity (Wildman–Crippen MR) is 66.8 cm³/mol. The van der Waals surface area contributed by atoms with E-state index < -0.39 is 0 Å². The number of hydrogen-bond donors (Lipinski definition) is 2. The minimum atomic E-state index is -0.239. The van der Waals surface area contributed by atoms with E-state index in [0.29, 0.717) is 23.7 Å². The number of nitrogens with zero attached hydrogens (tertiary/aromatic N) is 1. The van der Waals surface area contributed by atoms with Crippen molar-refractivity contribution < 1.29 is 4.79 Å². The zero-order chi connectivity index (χ0) is 12.7. The van der Waals surface area contributed by atoms with Crippen LogP contribution in [0.1, 0.15) is 18.9 Å². The third-order valence-electron chi connectivity index (χ3n) is 1.82. The van der Waals surface area contributed by atoms with E-state index in [4.69, 9.17) is 0 Å². The number of hydrogen-bond acceptors (Lipinski definition) is 4. The van der Waals surface area contributed by atoms with Crippen molar-refractivity contribution in [1.29, 1.82) is 0 Å². The van der Waals surface area contributed by atoms with Gasteiger partial charge in [0.15, 0.2) is 5.16 Å². The molecule has 0 saturated heterocycles. The first-order valence-corrected chi connectivity index (χ1v) is 6.22. The van der Waals surface area contributed by atoms with Gasteiger partial charge in [-0.15, -0.1) is 0 Å². The van der Waals surface area contributed by atoms with E-state index in [1.807, 2.05) is 6.26 Å². The van der Waals surface area contributed by atoms with Crippen LogP contribution >= 0.6 is 11.8 Å². The number of amides is 1. The Bertz CT molecular complexity index is 513. The molecule has 0 radical (unpaired) electrons. The van der Waals surface area contributed by atoms with E-state index in [-0.39, 0.29) is 11.5 Å². The summed E-state index contributed by atoms with van der Waals surface area (Å²) in [7, 11) is 0. The average Bonchev–Trinajstić information content (AvgIpc) is 2.30. The zero-order valence-electron chi connectivity index (χ0n) is 9.66. The summed E-state index contributed by atoms with van der Waals surface area (Å²) in [5.74, 6) is 5.44. The van der Waals surface area contributed by atoms with Gasteiger partial charge in [-0.2, -0.15) is 0 Å². The van der Waals surface area contributed by atoms with Crippen molar-refractivity contribution in [2.24, 2.45) is 0 Å². The second-order valence-corrected chi connectivity index (χ2v) is 3.96. The Morgan fingerprint density at radius 3 is 3.00 bits per heavy atom. The Kier molecular flexibility index (Phi) is 5.30. The summed E-state index contributed by atoms with van der Waals surface area (Å²) in [6.45, 7) is 1.93. The van der Waals surface area contributed by atoms with Crippen molar-refractivity contribution >= 4 is 17.7 Å². The van der Waals surface area contributed by atoms with Crippen LogP contribution in [0.4, 0.5) is 0 Å². The summed E-state index contributed by atoms with van der Waals surface area (Å²) < 4.78 is 0. The summed E-state index contributed by atoms with van der Waals surface area (Å²) >= 11 is 1.36. The molecule has 0 aliphatic carbocycles. The van der Waals surface area contributed by atoms with E-state index in [2.05, 4.69) is 27.1 Å². The highest BCUT2D eigenvalue weighted by Gasteiger charge is 1.97. The topological polar surface area (TPSA) is 74.8 Å². The third kappa shape index (κ3) is 4.74. The number of aromatic amines is 1. The molecule has 0 spiro atoms. The second kappa shape index (κ2) is 6.76. The molecule has 0 atom stereocenters. The molecular weight excluding hydrogens is 238 g/mol. The molecule has 1 rings (SSSR count). The third-order valence-corrected chi connectivity index (χ3v) is 2.41. The van der Waals surface area contributed by atoms with E-state index in [1.165, 1.54) is 24.9 Å². The standard InChI is InChI=1S/C11H13N3O2S/c1-8(15)12-6-4-3-5-9-7-13-11(17-2)14-10(9)16/h7H,4,6H2,1-2H3,(H,12,15)(H,13,14,16). The van der Waals surface area contributed by atoms with Crippen LogP contribution in [0.3, 0.4) is 0 Å². The summed E-state index contributed by atoms with van der Waals surface area (Å²) in [5.41, 5.74) is 0.0991. The van der Waals surface area contributed by atoms with E-state index in [0.717, 1.165) is 0 Å². The molecule has 17 heavy (non-hydrogen) atoms. The van der Waals surface area contributed by atoms with Crippen LogP contribution in [0.15, 0.2) is 16.1 Å². The fraction of sp³-hybridized carbons (Fsp3) is 0.364. The Morgan fingerprint density at radius 2 is 2.41 bits per heavy atom. The largest absolute Gasteiger partial charge is 0.355 e. The van der Waals surface area contributed by atoms with Crippen molar-refractivity contribution in [2.75, 3.05) is 12.8 Å². The van der Waals surface area contributed by atoms with Crippen molar-refractivity contribution in [2.45, 2.75) is 18.5 Å². The van der Waals surface area contributed by atoms with Gasteiger partial charge >= 0.3 is 0 Å². The molecule has 1 aromatic heterocycles. The maximum atomic E-state index is 11.5. The van der Waals surface area contributed by atoms with Crippen LogP contribution in [-0.2, 0) is 4.79 Å². The van der Waals surface area contributed by atoms with Crippen LogP contribution in [0.25, 0.3) is 0 Å². The minimum absolute atomic E-state index is 0.0874. The Balaban J connectivity index is 2.60. The lowest BCUT2D eigenvalue weighted by atomic mass is 10.3. The highest BCUT2D eigenvalue weighted by molar-refractivity contribution is 7.98. The average molecular weight is 251 g/mol. The predicted octanol–water partition coefficient (Wildman–Crippen LogP) is 0.370. The van der Waals surface area contributed by atoms with Gasteiger partial charge in [0.05, 0.1) is 6.20 Å². The number of carbonyl (C=O) groups excluding carboxylic acids is 1. The highest BCUT2D eigenvalue weighted by atomic mass is 32.2. The van der Waals surface area contributed by atoms with Gasteiger partial charge in [0.1, 0.15) is 5.56 Å². The molecular formula is C11H13N3O2S. The van der Waals surface area contributed by atoms with Crippen LogP contribution in [0, 0.1) is 11.8 Å². The molecule has 0 fully saturated rings. The molecule has 0 bridgehead atoms. The molecule has 1 heterocycles. The van der Waals surface area contributed by atoms with Gasteiger partial charge in [-0.3, -0.25) is 9.59 Å². The zero-order valence-corrected chi connectivity index (χ0v) is 10.5. The molecule has 90 valence electrons. The molecule has 0 unspecified atom stereocenters. The van der Waals surface area contributed by atoms with Gasteiger partial charge in [0, 0.05) is 19.9 Å². The summed E-state index contributed by atoms with van der Waals surface area (Å²) in [6, 6.07) is 0. The summed E-state index contributed by atoms with van der Waals surface area (Å²) in [5, 5.41) is 3.19. The number of nitrogens with one attached hydrogen (secondary N) is 2. The lowest BCUT2D eigenvalue weighted by Crippen LogP contribution is -2.20. The number of aromatic nitrogens is 2. The lowest BCUT2D eigenvalue weighted by molar-refractivity contribution is -0.118. The van der Waals surface area contributed by atoms with Gasteiger partial charge < -0.3 is 10.3 Å². The number of rotatable bonds is 3. The van der Waals surface area contributed by atoms with Crippen molar-refractivity contribution in [3.05, 3.63) is 22.1 Å². The Hall–Kier alpha value is -1.74. The van der Waals surface area contributed by atoms with E-state index in [1.54, 1.807) is 0 Å². The van der Waals surface area contributed by atoms with Gasteiger partial charge in [-0.25, -0.2) is 4.98 Å². The minimum Gasteiger partial charge on any atom is -0.355 e. The second-order valence-electron chi connectivity index (χ2n) is 3.17. The van der Waals surface area contributed by atoms with E-state index in [9.17, 15) is 9.59 Å². The number of thioether (sulfide) groups is 1. The molecule has 0 aromatic carbocycles. The molecule has 1 aromatic rings. The van der Waals surface area contributed by atoms with Gasteiger partial charge in [0.25, 0.3) is 5.56 Å². The van der Waals surface area contributed by atoms with Crippen LogP contribution in [0.5, 0.6) is 0 Å². The first-order valence-electron chi connectivity index (χ1n) is 5.00.